The third kappa shape index (κ3) is 3.15. The number of anilines is 3. The van der Waals surface area contributed by atoms with Crippen LogP contribution < -0.4 is 16.6 Å². The maximum absolute atomic E-state index is 5.39. The fourth-order valence-corrected chi connectivity index (χ4v) is 2.07. The van der Waals surface area contributed by atoms with Gasteiger partial charge in [0.15, 0.2) is 0 Å². The Hall–Kier alpha value is -2.52. The first-order valence-electron chi connectivity index (χ1n) is 6.00. The van der Waals surface area contributed by atoms with Crippen LogP contribution >= 0.6 is 15.9 Å². The molecular formula is C12H11BrN8. The van der Waals surface area contributed by atoms with Crippen molar-refractivity contribution < 1.29 is 0 Å². The Morgan fingerprint density at radius 2 is 1.95 bits per heavy atom. The molecule has 0 saturated heterocycles. The standard InChI is InChI=1S/C12H11BrN8/c13-8-3-1-4-9(7-8)16-10-17-11(20-14)19-12(18-10)21-6-2-5-15-21/h1-7H,14H2,(H2,16,17,18,19,20). The first-order chi connectivity index (χ1) is 10.2. The number of aromatic nitrogens is 5. The average molecular weight is 347 g/mol. The van der Waals surface area contributed by atoms with Gasteiger partial charge in [-0.3, -0.25) is 5.43 Å². The molecule has 0 fully saturated rings. The van der Waals surface area contributed by atoms with Crippen molar-refractivity contribution in [3.8, 4) is 5.95 Å². The van der Waals surface area contributed by atoms with Crippen molar-refractivity contribution in [2.45, 2.75) is 0 Å². The van der Waals surface area contributed by atoms with Gasteiger partial charge in [-0.15, -0.1) is 0 Å². The molecule has 0 amide bonds. The molecule has 106 valence electrons. The van der Waals surface area contributed by atoms with E-state index in [9.17, 15) is 0 Å². The molecule has 0 spiro atoms. The van der Waals surface area contributed by atoms with Gasteiger partial charge in [-0.2, -0.15) is 20.1 Å². The highest BCUT2D eigenvalue weighted by molar-refractivity contribution is 9.10. The molecule has 0 aliphatic rings. The Labute approximate surface area is 128 Å². The van der Waals surface area contributed by atoms with Crippen molar-refractivity contribution in [1.82, 2.24) is 24.7 Å². The number of nitrogen functional groups attached to an aromatic ring is 1. The van der Waals surface area contributed by atoms with Gasteiger partial charge in [-0.05, 0) is 24.3 Å². The van der Waals surface area contributed by atoms with Crippen molar-refractivity contribution in [1.29, 1.82) is 0 Å². The third-order valence-corrected chi connectivity index (χ3v) is 3.04. The Balaban J connectivity index is 1.96. The summed E-state index contributed by atoms with van der Waals surface area (Å²) in [6, 6.07) is 9.43. The largest absolute Gasteiger partial charge is 0.324 e. The Morgan fingerprint density at radius 3 is 2.67 bits per heavy atom. The summed E-state index contributed by atoms with van der Waals surface area (Å²) in [5.41, 5.74) is 3.25. The lowest BCUT2D eigenvalue weighted by Gasteiger charge is -2.08. The van der Waals surface area contributed by atoms with Gasteiger partial charge in [0.1, 0.15) is 0 Å². The summed E-state index contributed by atoms with van der Waals surface area (Å²) in [5, 5.41) is 7.18. The van der Waals surface area contributed by atoms with Gasteiger partial charge in [0.05, 0.1) is 0 Å². The lowest BCUT2D eigenvalue weighted by molar-refractivity contribution is 0.799. The van der Waals surface area contributed by atoms with E-state index < -0.39 is 0 Å². The molecule has 9 heteroatoms. The van der Waals surface area contributed by atoms with Crippen molar-refractivity contribution in [3.63, 3.8) is 0 Å². The predicted molar refractivity (Wildman–Crippen MR) is 82.2 cm³/mol. The van der Waals surface area contributed by atoms with Crippen LogP contribution in [0.25, 0.3) is 5.95 Å². The van der Waals surface area contributed by atoms with Crippen LogP contribution in [0.5, 0.6) is 0 Å². The number of benzene rings is 1. The Kier molecular flexibility index (Phi) is 3.75. The van der Waals surface area contributed by atoms with Gasteiger partial charge in [-0.25, -0.2) is 10.5 Å². The minimum Gasteiger partial charge on any atom is -0.324 e. The van der Waals surface area contributed by atoms with Gasteiger partial charge in [0.2, 0.25) is 11.9 Å². The molecule has 8 nitrogen and oxygen atoms in total. The first kappa shape index (κ1) is 13.5. The molecule has 0 saturated carbocycles. The molecule has 2 heterocycles. The van der Waals surface area contributed by atoms with E-state index in [0.29, 0.717) is 11.9 Å². The highest BCUT2D eigenvalue weighted by atomic mass is 79.9. The van der Waals surface area contributed by atoms with Crippen LogP contribution in [-0.4, -0.2) is 24.7 Å². The molecule has 0 atom stereocenters. The van der Waals surface area contributed by atoms with Gasteiger partial charge >= 0.3 is 0 Å². The highest BCUT2D eigenvalue weighted by Crippen LogP contribution is 2.19. The fourth-order valence-electron chi connectivity index (χ4n) is 1.67. The van der Waals surface area contributed by atoms with Crippen molar-refractivity contribution in [2.75, 3.05) is 10.7 Å². The topological polar surface area (TPSA) is 107 Å². The number of nitrogens with one attached hydrogen (secondary N) is 2. The van der Waals surface area contributed by atoms with E-state index >= 15 is 0 Å². The van der Waals surface area contributed by atoms with E-state index in [-0.39, 0.29) is 5.95 Å². The number of nitrogens with two attached hydrogens (primary N) is 1. The highest BCUT2D eigenvalue weighted by Gasteiger charge is 2.08. The van der Waals surface area contributed by atoms with Crippen LogP contribution in [0.2, 0.25) is 0 Å². The molecule has 0 aliphatic carbocycles. The first-order valence-corrected chi connectivity index (χ1v) is 6.79. The number of halogens is 1. The summed E-state index contributed by atoms with van der Waals surface area (Å²) < 4.78 is 2.47. The number of rotatable bonds is 4. The van der Waals surface area contributed by atoms with Crippen LogP contribution in [0.3, 0.4) is 0 Å². The summed E-state index contributed by atoms with van der Waals surface area (Å²) >= 11 is 3.41. The molecule has 1 aromatic carbocycles. The maximum atomic E-state index is 5.39. The molecule has 2 aromatic heterocycles. The van der Waals surface area contributed by atoms with Crippen LogP contribution in [-0.2, 0) is 0 Å². The van der Waals surface area contributed by atoms with E-state index in [2.05, 4.69) is 46.7 Å². The maximum Gasteiger partial charge on any atom is 0.257 e. The molecule has 4 N–H and O–H groups in total. The summed E-state index contributed by atoms with van der Waals surface area (Å²) in [6.45, 7) is 0. The molecule has 0 unspecified atom stereocenters. The molecular weight excluding hydrogens is 336 g/mol. The summed E-state index contributed by atoms with van der Waals surface area (Å²) in [6.07, 6.45) is 3.37. The molecule has 21 heavy (non-hydrogen) atoms. The third-order valence-electron chi connectivity index (χ3n) is 2.54. The Morgan fingerprint density at radius 1 is 1.10 bits per heavy atom. The van der Waals surface area contributed by atoms with E-state index in [1.165, 1.54) is 4.68 Å². The van der Waals surface area contributed by atoms with E-state index in [4.69, 9.17) is 5.84 Å². The second kappa shape index (κ2) is 5.85. The van der Waals surface area contributed by atoms with Crippen molar-refractivity contribution in [3.05, 3.63) is 47.2 Å². The fraction of sp³-hybridized carbons (Fsp3) is 0. The van der Waals surface area contributed by atoms with E-state index in [0.717, 1.165) is 10.2 Å². The predicted octanol–water partition coefficient (Wildman–Crippen LogP) is 1.85. The van der Waals surface area contributed by atoms with Gasteiger partial charge < -0.3 is 5.32 Å². The van der Waals surface area contributed by atoms with Crippen molar-refractivity contribution >= 4 is 33.5 Å². The minimum atomic E-state index is 0.244. The van der Waals surface area contributed by atoms with Crippen LogP contribution in [0.4, 0.5) is 17.6 Å². The summed E-state index contributed by atoms with van der Waals surface area (Å²) in [4.78, 5) is 12.6. The zero-order valence-corrected chi connectivity index (χ0v) is 12.3. The van der Waals surface area contributed by atoms with E-state index in [1.54, 1.807) is 18.5 Å². The molecule has 0 radical (unpaired) electrons. The number of hydrazine groups is 1. The normalized spacial score (nSPS) is 10.4. The summed E-state index contributed by atoms with van der Waals surface area (Å²) in [7, 11) is 0. The van der Waals surface area contributed by atoms with Gasteiger partial charge in [0, 0.05) is 22.6 Å². The zero-order chi connectivity index (χ0) is 14.7. The second-order valence-electron chi connectivity index (χ2n) is 4.01. The SMILES string of the molecule is NNc1nc(Nc2cccc(Br)c2)nc(-n2cccn2)n1. The van der Waals surface area contributed by atoms with E-state index in [1.807, 2.05) is 24.3 Å². The molecule has 3 aromatic rings. The van der Waals surface area contributed by atoms with Gasteiger partial charge in [0.25, 0.3) is 5.95 Å². The molecule has 0 bridgehead atoms. The second-order valence-corrected chi connectivity index (χ2v) is 4.93. The molecule has 3 rings (SSSR count). The number of hydrogen-bond donors (Lipinski definition) is 3. The summed E-state index contributed by atoms with van der Waals surface area (Å²) in [5.74, 6) is 6.36. The van der Waals surface area contributed by atoms with Crippen LogP contribution in [0, 0.1) is 0 Å². The number of hydrogen-bond acceptors (Lipinski definition) is 7. The number of nitrogens with zero attached hydrogens (tertiary/aromatic N) is 5. The minimum absolute atomic E-state index is 0.244. The quantitative estimate of drug-likeness (QED) is 0.488. The van der Waals surface area contributed by atoms with Gasteiger partial charge in [-0.1, -0.05) is 22.0 Å². The average Bonchev–Trinajstić information content (AvgIpc) is 3.01. The lowest BCUT2D eigenvalue weighted by Crippen LogP contribution is -2.15. The Bertz CT molecular complexity index is 743. The molecule has 0 aliphatic heterocycles. The smallest absolute Gasteiger partial charge is 0.257 e. The monoisotopic (exact) mass is 346 g/mol. The van der Waals surface area contributed by atoms with Crippen LogP contribution in [0.1, 0.15) is 0 Å². The van der Waals surface area contributed by atoms with Crippen molar-refractivity contribution in [2.24, 2.45) is 5.84 Å². The zero-order valence-electron chi connectivity index (χ0n) is 10.7. The van der Waals surface area contributed by atoms with Crippen LogP contribution in [0.15, 0.2) is 47.2 Å². The lowest BCUT2D eigenvalue weighted by atomic mass is 10.3.